The molecule has 0 amide bonds. The Kier molecular flexibility index (Phi) is 9.66. The second kappa shape index (κ2) is 10.1. The van der Waals surface area contributed by atoms with Crippen molar-refractivity contribution < 1.29 is 21.7 Å². The smallest absolute Gasteiger partial charge is 1.00 e. The molecule has 2 rings (SSSR count). The third kappa shape index (κ3) is 5.81. The molecule has 3 heteroatoms. The molecule has 19 heavy (non-hydrogen) atoms. The maximum atomic E-state index is 5.80. The molecule has 0 bridgehead atoms. The molecule has 0 aliphatic heterocycles. The van der Waals surface area contributed by atoms with E-state index in [9.17, 15) is 0 Å². The SMILES string of the molecule is C=CCc1ccccc1OCc1[c-]cccc1.[Br-].[Mg+2]. The number of hydrogen-bond acceptors (Lipinski definition) is 1. The van der Waals surface area contributed by atoms with Crippen molar-refractivity contribution in [3.8, 4) is 5.75 Å². The Balaban J connectivity index is 0.00000162. The average molecular weight is 328 g/mol. The van der Waals surface area contributed by atoms with Crippen molar-refractivity contribution in [2.24, 2.45) is 0 Å². The van der Waals surface area contributed by atoms with Gasteiger partial charge in [-0.25, -0.2) is 0 Å². The summed E-state index contributed by atoms with van der Waals surface area (Å²) in [6.45, 7) is 4.30. The first kappa shape index (κ1) is 18.2. The zero-order valence-corrected chi connectivity index (χ0v) is 13.8. The predicted molar refractivity (Wildman–Crippen MR) is 75.7 cm³/mol. The monoisotopic (exact) mass is 326 g/mol. The van der Waals surface area contributed by atoms with Gasteiger partial charge in [-0.05, 0) is 18.1 Å². The van der Waals surface area contributed by atoms with Crippen molar-refractivity contribution in [2.75, 3.05) is 0 Å². The largest absolute Gasteiger partial charge is 2.00 e. The van der Waals surface area contributed by atoms with E-state index in [1.807, 2.05) is 48.5 Å². The van der Waals surface area contributed by atoms with Crippen molar-refractivity contribution in [3.63, 3.8) is 0 Å². The van der Waals surface area contributed by atoms with Crippen LogP contribution in [0.5, 0.6) is 5.75 Å². The Morgan fingerprint density at radius 3 is 2.53 bits per heavy atom. The van der Waals surface area contributed by atoms with Crippen LogP contribution in [0.4, 0.5) is 0 Å². The number of halogens is 1. The molecule has 0 aliphatic rings. The van der Waals surface area contributed by atoms with Crippen LogP contribution >= 0.6 is 0 Å². The Morgan fingerprint density at radius 1 is 1.11 bits per heavy atom. The maximum Gasteiger partial charge on any atom is 2.00 e. The Hall–Kier alpha value is -0.774. The second-order valence-corrected chi connectivity index (χ2v) is 3.78. The molecule has 0 aromatic heterocycles. The van der Waals surface area contributed by atoms with Gasteiger partial charge in [-0.15, -0.1) is 12.1 Å². The molecule has 1 nitrogen and oxygen atoms in total. The molecule has 0 N–H and O–H groups in total. The predicted octanol–water partition coefficient (Wildman–Crippen LogP) is 0.417. The van der Waals surface area contributed by atoms with Crippen molar-refractivity contribution in [1.29, 1.82) is 0 Å². The van der Waals surface area contributed by atoms with Crippen LogP contribution in [0.3, 0.4) is 0 Å². The fourth-order valence-corrected chi connectivity index (χ4v) is 1.64. The first-order valence-corrected chi connectivity index (χ1v) is 5.67. The number of benzene rings is 2. The molecule has 2 aromatic carbocycles. The summed E-state index contributed by atoms with van der Waals surface area (Å²) in [5.74, 6) is 0.921. The van der Waals surface area contributed by atoms with Crippen LogP contribution in [0.2, 0.25) is 0 Å². The van der Waals surface area contributed by atoms with Crippen molar-refractivity contribution in [1.82, 2.24) is 0 Å². The summed E-state index contributed by atoms with van der Waals surface area (Å²) < 4.78 is 5.80. The summed E-state index contributed by atoms with van der Waals surface area (Å²) in [5, 5.41) is 0. The van der Waals surface area contributed by atoms with Crippen LogP contribution in [-0.2, 0) is 13.0 Å². The number of hydrogen-bond donors (Lipinski definition) is 0. The Morgan fingerprint density at radius 2 is 1.84 bits per heavy atom. The van der Waals surface area contributed by atoms with E-state index in [0.29, 0.717) is 6.61 Å². The van der Waals surface area contributed by atoms with E-state index in [2.05, 4.69) is 18.7 Å². The molecule has 0 saturated heterocycles. The van der Waals surface area contributed by atoms with E-state index >= 15 is 0 Å². The normalized spacial score (nSPS) is 8.84. The van der Waals surface area contributed by atoms with E-state index in [1.165, 1.54) is 5.56 Å². The molecule has 0 unspecified atom stereocenters. The minimum atomic E-state index is 0. The van der Waals surface area contributed by atoms with Gasteiger partial charge in [0.2, 0.25) is 0 Å². The molecule has 94 valence electrons. The Bertz CT molecular complexity index is 485. The molecule has 0 saturated carbocycles. The standard InChI is InChI=1S/C16H15O.BrH.Mg/c1-2-8-15-11-6-7-12-16(15)17-13-14-9-4-3-5-10-14;;/h2-7,9,11-12H,1,8,13H2;1H;/q-1;;+2/p-1. The van der Waals surface area contributed by atoms with Gasteiger partial charge in [-0.2, -0.15) is 30.3 Å². The van der Waals surface area contributed by atoms with Gasteiger partial charge < -0.3 is 21.7 Å². The summed E-state index contributed by atoms with van der Waals surface area (Å²) in [5.41, 5.74) is 2.22. The van der Waals surface area contributed by atoms with Crippen LogP contribution in [0.25, 0.3) is 0 Å². The van der Waals surface area contributed by atoms with Crippen molar-refractivity contribution >= 4 is 23.1 Å². The average Bonchev–Trinajstić information content (AvgIpc) is 2.39. The molecule has 0 atom stereocenters. The van der Waals surface area contributed by atoms with Crippen LogP contribution in [0, 0.1) is 6.07 Å². The molecule has 0 fully saturated rings. The molecule has 0 spiro atoms. The maximum absolute atomic E-state index is 5.80. The molecular formula is C16H15BrMgO. The van der Waals surface area contributed by atoms with Crippen LogP contribution in [0.1, 0.15) is 11.1 Å². The van der Waals surface area contributed by atoms with Crippen LogP contribution in [0.15, 0.2) is 61.2 Å². The summed E-state index contributed by atoms with van der Waals surface area (Å²) in [6, 6.07) is 19.0. The van der Waals surface area contributed by atoms with Gasteiger partial charge >= 0.3 is 23.1 Å². The zero-order valence-electron chi connectivity index (χ0n) is 10.8. The van der Waals surface area contributed by atoms with Gasteiger partial charge in [-0.3, -0.25) is 0 Å². The molecule has 0 heterocycles. The molecular weight excluding hydrogens is 312 g/mol. The van der Waals surface area contributed by atoms with Crippen molar-refractivity contribution in [3.05, 3.63) is 78.4 Å². The first-order chi connectivity index (χ1) is 8.40. The third-order valence-corrected chi connectivity index (χ3v) is 2.49. The fourth-order valence-electron chi connectivity index (χ4n) is 1.64. The van der Waals surface area contributed by atoms with Gasteiger partial charge in [0.05, 0.1) is 6.61 Å². The van der Waals surface area contributed by atoms with Crippen LogP contribution in [-0.4, -0.2) is 23.1 Å². The van der Waals surface area contributed by atoms with Crippen LogP contribution < -0.4 is 21.7 Å². The molecule has 0 aliphatic carbocycles. The quantitative estimate of drug-likeness (QED) is 0.439. The van der Waals surface area contributed by atoms with E-state index in [1.54, 1.807) is 0 Å². The van der Waals surface area contributed by atoms with Gasteiger partial charge in [-0.1, -0.05) is 24.3 Å². The zero-order chi connectivity index (χ0) is 11.9. The third-order valence-electron chi connectivity index (χ3n) is 2.49. The van der Waals surface area contributed by atoms with Gasteiger partial charge in [0.15, 0.2) is 0 Å². The first-order valence-electron chi connectivity index (χ1n) is 5.67. The van der Waals surface area contributed by atoms with Gasteiger partial charge in [0.25, 0.3) is 0 Å². The summed E-state index contributed by atoms with van der Waals surface area (Å²) >= 11 is 0. The minimum Gasteiger partial charge on any atom is -1.00 e. The topological polar surface area (TPSA) is 9.23 Å². The summed E-state index contributed by atoms with van der Waals surface area (Å²) in [7, 11) is 0. The molecule has 0 radical (unpaired) electrons. The number of rotatable bonds is 5. The Labute approximate surface area is 141 Å². The van der Waals surface area contributed by atoms with Gasteiger partial charge in [0, 0.05) is 0 Å². The fraction of sp³-hybridized carbons (Fsp3) is 0.125. The number of ether oxygens (including phenoxy) is 1. The minimum absolute atomic E-state index is 0. The molecule has 2 aromatic rings. The van der Waals surface area contributed by atoms with Crippen molar-refractivity contribution in [2.45, 2.75) is 13.0 Å². The van der Waals surface area contributed by atoms with Gasteiger partial charge in [0.1, 0.15) is 5.75 Å². The summed E-state index contributed by atoms with van der Waals surface area (Å²) in [4.78, 5) is 0. The van der Waals surface area contributed by atoms with E-state index < -0.39 is 0 Å². The second-order valence-electron chi connectivity index (χ2n) is 3.78. The number of allylic oxidation sites excluding steroid dienone is 1. The summed E-state index contributed by atoms with van der Waals surface area (Å²) in [6.07, 6.45) is 2.71. The van der Waals surface area contributed by atoms with E-state index in [4.69, 9.17) is 4.74 Å². The van der Waals surface area contributed by atoms with E-state index in [-0.39, 0.29) is 40.0 Å². The van der Waals surface area contributed by atoms with E-state index in [0.717, 1.165) is 17.7 Å². The number of para-hydroxylation sites is 1.